The zero-order chi connectivity index (χ0) is 12.5. The van der Waals surface area contributed by atoms with Gasteiger partial charge in [-0.15, -0.1) is 0 Å². The van der Waals surface area contributed by atoms with Crippen LogP contribution in [-0.2, 0) is 0 Å². The van der Waals surface area contributed by atoms with Crippen molar-refractivity contribution in [1.29, 1.82) is 5.41 Å². The van der Waals surface area contributed by atoms with Crippen LogP contribution in [0.4, 0.5) is 0 Å². The topological polar surface area (TPSA) is 53.1 Å². The van der Waals surface area contributed by atoms with E-state index in [4.69, 9.17) is 11.1 Å². The van der Waals surface area contributed by atoms with Crippen molar-refractivity contribution >= 4 is 5.84 Å². The zero-order valence-corrected chi connectivity index (χ0v) is 11.3. The minimum Gasteiger partial charge on any atom is -0.388 e. The Hall–Kier alpha value is -0.570. The second kappa shape index (κ2) is 4.97. The number of rotatable bonds is 5. The molecule has 2 unspecified atom stereocenters. The molecule has 2 aliphatic rings. The Morgan fingerprint density at radius 1 is 1.41 bits per heavy atom. The lowest BCUT2D eigenvalue weighted by Crippen LogP contribution is -2.40. The minimum absolute atomic E-state index is 0.362. The SMILES string of the molecule is CC1CCCC(N(C)CC2(CC(=N)N)CC2)C1. The highest BCUT2D eigenvalue weighted by molar-refractivity contribution is 5.78. The molecule has 0 spiro atoms. The molecule has 2 aliphatic carbocycles. The van der Waals surface area contributed by atoms with Gasteiger partial charge in [0.1, 0.15) is 0 Å². The Morgan fingerprint density at radius 3 is 2.65 bits per heavy atom. The number of hydrogen-bond donors (Lipinski definition) is 2. The van der Waals surface area contributed by atoms with Crippen LogP contribution in [0.25, 0.3) is 0 Å². The van der Waals surface area contributed by atoms with Gasteiger partial charge in [0.2, 0.25) is 0 Å². The molecular weight excluding hydrogens is 210 g/mol. The lowest BCUT2D eigenvalue weighted by molar-refractivity contribution is 0.139. The highest BCUT2D eigenvalue weighted by Crippen LogP contribution is 2.49. The molecule has 2 rings (SSSR count). The minimum atomic E-state index is 0.362. The Morgan fingerprint density at radius 2 is 2.12 bits per heavy atom. The summed E-state index contributed by atoms with van der Waals surface area (Å²) >= 11 is 0. The van der Waals surface area contributed by atoms with Gasteiger partial charge in [-0.3, -0.25) is 5.41 Å². The van der Waals surface area contributed by atoms with Crippen molar-refractivity contribution in [2.75, 3.05) is 13.6 Å². The van der Waals surface area contributed by atoms with Gasteiger partial charge in [0.25, 0.3) is 0 Å². The van der Waals surface area contributed by atoms with E-state index in [1.165, 1.54) is 38.5 Å². The van der Waals surface area contributed by atoms with Crippen molar-refractivity contribution in [3.63, 3.8) is 0 Å². The van der Waals surface area contributed by atoms with Gasteiger partial charge >= 0.3 is 0 Å². The molecule has 2 atom stereocenters. The number of nitrogens with one attached hydrogen (secondary N) is 1. The van der Waals surface area contributed by atoms with Crippen LogP contribution in [0.2, 0.25) is 0 Å². The monoisotopic (exact) mass is 237 g/mol. The van der Waals surface area contributed by atoms with E-state index < -0.39 is 0 Å². The van der Waals surface area contributed by atoms with E-state index in [1.807, 2.05) is 0 Å². The summed E-state index contributed by atoms with van der Waals surface area (Å²) in [5.74, 6) is 1.26. The van der Waals surface area contributed by atoms with Gasteiger partial charge in [0, 0.05) is 19.0 Å². The quantitative estimate of drug-likeness (QED) is 0.570. The van der Waals surface area contributed by atoms with E-state index in [-0.39, 0.29) is 0 Å². The normalized spacial score (nSPS) is 31.5. The molecule has 98 valence electrons. The third kappa shape index (κ3) is 3.44. The van der Waals surface area contributed by atoms with Crippen LogP contribution in [0.3, 0.4) is 0 Å². The van der Waals surface area contributed by atoms with Crippen LogP contribution in [0, 0.1) is 16.7 Å². The van der Waals surface area contributed by atoms with E-state index in [9.17, 15) is 0 Å². The van der Waals surface area contributed by atoms with Crippen LogP contribution in [-0.4, -0.2) is 30.4 Å². The zero-order valence-electron chi connectivity index (χ0n) is 11.3. The van der Waals surface area contributed by atoms with E-state index in [0.717, 1.165) is 24.9 Å². The summed E-state index contributed by atoms with van der Waals surface area (Å²) in [7, 11) is 2.27. The van der Waals surface area contributed by atoms with Crippen molar-refractivity contribution < 1.29 is 0 Å². The molecule has 0 amide bonds. The van der Waals surface area contributed by atoms with E-state index in [1.54, 1.807) is 0 Å². The van der Waals surface area contributed by atoms with Crippen molar-refractivity contribution in [1.82, 2.24) is 4.90 Å². The van der Waals surface area contributed by atoms with Crippen LogP contribution in [0.15, 0.2) is 0 Å². The fourth-order valence-electron chi connectivity index (χ4n) is 3.43. The maximum atomic E-state index is 7.47. The maximum absolute atomic E-state index is 7.47. The summed E-state index contributed by atoms with van der Waals surface area (Å²) in [6.45, 7) is 3.52. The first-order valence-electron chi connectivity index (χ1n) is 7.04. The first-order valence-corrected chi connectivity index (χ1v) is 7.04. The molecule has 0 aromatic heterocycles. The Kier molecular flexibility index (Phi) is 3.76. The van der Waals surface area contributed by atoms with Crippen LogP contribution >= 0.6 is 0 Å². The van der Waals surface area contributed by atoms with Gasteiger partial charge < -0.3 is 10.6 Å². The standard InChI is InChI=1S/C14H27N3/c1-11-4-3-5-12(8-11)17(2)10-14(6-7-14)9-13(15)16/h11-12H,3-10H2,1-2H3,(H3,15,16). The second-order valence-electron chi connectivity index (χ2n) is 6.54. The predicted octanol–water partition coefficient (Wildman–Crippen LogP) is 2.60. The number of hydrogen-bond acceptors (Lipinski definition) is 2. The van der Waals surface area contributed by atoms with E-state index in [2.05, 4.69) is 18.9 Å². The lowest BCUT2D eigenvalue weighted by atomic mass is 9.86. The summed E-state index contributed by atoms with van der Waals surface area (Å²) in [5.41, 5.74) is 5.92. The molecule has 3 heteroatoms. The fourth-order valence-corrected chi connectivity index (χ4v) is 3.43. The molecule has 0 heterocycles. The van der Waals surface area contributed by atoms with Gasteiger partial charge in [0.05, 0.1) is 5.84 Å². The molecule has 2 fully saturated rings. The van der Waals surface area contributed by atoms with Crippen LogP contribution in [0.5, 0.6) is 0 Å². The largest absolute Gasteiger partial charge is 0.388 e. The molecule has 0 aromatic carbocycles. The molecule has 0 bridgehead atoms. The molecule has 0 aromatic rings. The number of nitrogens with zero attached hydrogens (tertiary/aromatic N) is 1. The van der Waals surface area contributed by atoms with E-state index >= 15 is 0 Å². The number of nitrogens with two attached hydrogens (primary N) is 1. The summed E-state index contributed by atoms with van der Waals surface area (Å²) in [5, 5.41) is 7.47. The molecule has 17 heavy (non-hydrogen) atoms. The van der Waals surface area contributed by atoms with Crippen LogP contribution < -0.4 is 5.73 Å². The van der Waals surface area contributed by atoms with Crippen molar-refractivity contribution in [3.05, 3.63) is 0 Å². The fraction of sp³-hybridized carbons (Fsp3) is 0.929. The number of amidine groups is 1. The Labute approximate surface area is 105 Å². The summed E-state index contributed by atoms with van der Waals surface area (Å²) in [6, 6.07) is 0.767. The average Bonchev–Trinajstić information content (AvgIpc) is 2.96. The molecule has 0 saturated heterocycles. The molecule has 0 aliphatic heterocycles. The van der Waals surface area contributed by atoms with Crippen molar-refractivity contribution in [3.8, 4) is 0 Å². The molecule has 0 radical (unpaired) electrons. The highest BCUT2D eigenvalue weighted by Gasteiger charge is 2.44. The lowest BCUT2D eigenvalue weighted by Gasteiger charge is -2.36. The molecule has 2 saturated carbocycles. The van der Waals surface area contributed by atoms with Crippen molar-refractivity contribution in [2.24, 2.45) is 17.1 Å². The molecule has 3 nitrogen and oxygen atoms in total. The van der Waals surface area contributed by atoms with E-state index in [0.29, 0.717) is 11.3 Å². The average molecular weight is 237 g/mol. The van der Waals surface area contributed by atoms with Gasteiger partial charge in [-0.05, 0) is 44.1 Å². The Balaban J connectivity index is 1.84. The van der Waals surface area contributed by atoms with Crippen LogP contribution in [0.1, 0.15) is 51.9 Å². The highest BCUT2D eigenvalue weighted by atomic mass is 15.1. The Bertz CT molecular complexity index is 283. The van der Waals surface area contributed by atoms with Gasteiger partial charge in [-0.25, -0.2) is 0 Å². The molecular formula is C14H27N3. The maximum Gasteiger partial charge on any atom is 0.0911 e. The molecule has 3 N–H and O–H groups in total. The summed E-state index contributed by atoms with van der Waals surface area (Å²) in [4.78, 5) is 2.55. The second-order valence-corrected chi connectivity index (χ2v) is 6.54. The third-order valence-electron chi connectivity index (χ3n) is 4.64. The smallest absolute Gasteiger partial charge is 0.0911 e. The van der Waals surface area contributed by atoms with Gasteiger partial charge in [0.15, 0.2) is 0 Å². The first kappa shape index (κ1) is 12.9. The third-order valence-corrected chi connectivity index (χ3v) is 4.64. The van der Waals surface area contributed by atoms with Crippen molar-refractivity contribution in [2.45, 2.75) is 57.9 Å². The predicted molar refractivity (Wildman–Crippen MR) is 72.2 cm³/mol. The first-order chi connectivity index (χ1) is 8.01. The van der Waals surface area contributed by atoms with Gasteiger partial charge in [-0.1, -0.05) is 19.8 Å². The summed E-state index contributed by atoms with van der Waals surface area (Å²) in [6.07, 6.45) is 8.83. The van der Waals surface area contributed by atoms with Gasteiger partial charge in [-0.2, -0.15) is 0 Å². The summed E-state index contributed by atoms with van der Waals surface area (Å²) < 4.78 is 0.